The van der Waals surface area contributed by atoms with E-state index in [1.165, 1.54) is 4.68 Å². The van der Waals surface area contributed by atoms with Crippen LogP contribution in [0.5, 0.6) is 0 Å². The molecule has 5 nitrogen and oxygen atoms in total. The summed E-state index contributed by atoms with van der Waals surface area (Å²) in [4.78, 5) is 25.1. The van der Waals surface area contributed by atoms with Gasteiger partial charge in [0.15, 0.2) is 0 Å². The first-order valence-corrected chi connectivity index (χ1v) is 8.54. The number of nitrogens with zero attached hydrogens (tertiary/aromatic N) is 2. The number of rotatable bonds is 4. The number of aryl methyl sites for hydroxylation is 1. The maximum Gasteiger partial charge on any atom is 0.276 e. The SMILES string of the molecule is CCCNC(=O)[C@@H](C)n1nc(C)c2sc3ccccc3c2c1=O. The number of hydrogen-bond donors (Lipinski definition) is 1. The van der Waals surface area contributed by atoms with Crippen LogP contribution in [0.25, 0.3) is 20.2 Å². The Morgan fingerprint density at radius 3 is 2.87 bits per heavy atom. The van der Waals surface area contributed by atoms with E-state index >= 15 is 0 Å². The largest absolute Gasteiger partial charge is 0.354 e. The molecule has 0 fully saturated rings. The van der Waals surface area contributed by atoms with Crippen LogP contribution in [0.3, 0.4) is 0 Å². The number of amides is 1. The van der Waals surface area contributed by atoms with Crippen LogP contribution in [0.2, 0.25) is 0 Å². The van der Waals surface area contributed by atoms with Crippen LogP contribution in [-0.2, 0) is 4.79 Å². The maximum atomic E-state index is 12.9. The van der Waals surface area contributed by atoms with Crippen LogP contribution < -0.4 is 10.9 Å². The molecule has 0 aliphatic heterocycles. The molecule has 0 bridgehead atoms. The van der Waals surface area contributed by atoms with E-state index < -0.39 is 6.04 Å². The summed E-state index contributed by atoms with van der Waals surface area (Å²) in [6.45, 7) is 6.17. The molecular formula is C17H19N3O2S. The highest BCUT2D eigenvalue weighted by molar-refractivity contribution is 7.26. The van der Waals surface area contributed by atoms with E-state index in [0.717, 1.165) is 26.9 Å². The summed E-state index contributed by atoms with van der Waals surface area (Å²) in [7, 11) is 0. The summed E-state index contributed by atoms with van der Waals surface area (Å²) >= 11 is 1.57. The molecule has 2 aromatic heterocycles. The Bertz CT molecular complexity index is 942. The predicted molar refractivity (Wildman–Crippen MR) is 94.1 cm³/mol. The Morgan fingerprint density at radius 1 is 1.39 bits per heavy atom. The van der Waals surface area contributed by atoms with Crippen molar-refractivity contribution >= 4 is 37.4 Å². The van der Waals surface area contributed by atoms with Gasteiger partial charge in [-0.2, -0.15) is 5.10 Å². The molecule has 1 amide bonds. The molecule has 0 saturated carbocycles. The van der Waals surface area contributed by atoms with Gasteiger partial charge in [0, 0.05) is 16.6 Å². The van der Waals surface area contributed by atoms with Crippen molar-refractivity contribution in [1.82, 2.24) is 15.1 Å². The Kier molecular flexibility index (Phi) is 4.17. The number of hydrogen-bond acceptors (Lipinski definition) is 4. The fourth-order valence-corrected chi connectivity index (χ4v) is 3.78. The van der Waals surface area contributed by atoms with Gasteiger partial charge in [0.05, 0.1) is 15.8 Å². The fourth-order valence-electron chi connectivity index (χ4n) is 2.65. The zero-order valence-electron chi connectivity index (χ0n) is 13.4. The molecule has 1 aromatic carbocycles. The van der Waals surface area contributed by atoms with Crippen LogP contribution in [0.15, 0.2) is 29.1 Å². The van der Waals surface area contributed by atoms with E-state index in [9.17, 15) is 9.59 Å². The van der Waals surface area contributed by atoms with Gasteiger partial charge < -0.3 is 5.32 Å². The molecule has 0 aliphatic rings. The minimum absolute atomic E-state index is 0.181. The summed E-state index contributed by atoms with van der Waals surface area (Å²) in [6.07, 6.45) is 0.855. The van der Waals surface area contributed by atoms with Crippen molar-refractivity contribution < 1.29 is 4.79 Å². The number of carbonyl (C=O) groups excluding carboxylic acids is 1. The van der Waals surface area contributed by atoms with E-state index in [1.54, 1.807) is 18.3 Å². The summed E-state index contributed by atoms with van der Waals surface area (Å²) in [6, 6.07) is 7.20. The highest BCUT2D eigenvalue weighted by atomic mass is 32.1. The van der Waals surface area contributed by atoms with Gasteiger partial charge in [0.1, 0.15) is 6.04 Å². The first kappa shape index (κ1) is 15.7. The second-order valence-electron chi connectivity index (χ2n) is 5.60. The second-order valence-corrected chi connectivity index (χ2v) is 6.66. The van der Waals surface area contributed by atoms with Gasteiger partial charge in [-0.05, 0) is 26.3 Å². The quantitative estimate of drug-likeness (QED) is 0.800. The van der Waals surface area contributed by atoms with Crippen LogP contribution >= 0.6 is 11.3 Å². The normalized spacial score (nSPS) is 12.7. The molecule has 0 aliphatic carbocycles. The number of thiophene rings is 1. The smallest absolute Gasteiger partial charge is 0.276 e. The average molecular weight is 329 g/mol. The lowest BCUT2D eigenvalue weighted by Crippen LogP contribution is -2.37. The van der Waals surface area contributed by atoms with Crippen molar-refractivity contribution in [2.24, 2.45) is 0 Å². The van der Waals surface area contributed by atoms with Crippen LogP contribution in [0, 0.1) is 6.92 Å². The Labute approximate surface area is 137 Å². The number of carbonyl (C=O) groups is 1. The standard InChI is InChI=1S/C17H19N3O2S/c1-4-9-18-16(21)11(3)20-17(22)14-12-7-5-6-8-13(12)23-15(14)10(2)19-20/h5-8,11H,4,9H2,1-3H3,(H,18,21)/t11-/m1/s1. The molecule has 1 atom stereocenters. The molecular weight excluding hydrogens is 310 g/mol. The molecule has 6 heteroatoms. The van der Waals surface area contributed by atoms with Gasteiger partial charge in [-0.1, -0.05) is 25.1 Å². The minimum atomic E-state index is -0.629. The Balaban J connectivity index is 2.19. The van der Waals surface area contributed by atoms with Gasteiger partial charge in [-0.3, -0.25) is 9.59 Å². The highest BCUT2D eigenvalue weighted by Gasteiger charge is 2.21. The zero-order chi connectivity index (χ0) is 16.6. The van der Waals surface area contributed by atoms with E-state index in [0.29, 0.717) is 11.9 Å². The zero-order valence-corrected chi connectivity index (χ0v) is 14.2. The molecule has 120 valence electrons. The molecule has 0 radical (unpaired) electrons. The summed E-state index contributed by atoms with van der Waals surface area (Å²) in [5, 5.41) is 8.79. The van der Waals surface area contributed by atoms with Crippen molar-refractivity contribution in [2.45, 2.75) is 33.2 Å². The van der Waals surface area contributed by atoms with Gasteiger partial charge in [0.2, 0.25) is 5.91 Å². The third-order valence-electron chi connectivity index (χ3n) is 3.90. The molecule has 3 rings (SSSR count). The maximum absolute atomic E-state index is 12.9. The van der Waals surface area contributed by atoms with Gasteiger partial charge in [0.25, 0.3) is 5.56 Å². The third-order valence-corrected chi connectivity index (χ3v) is 5.18. The van der Waals surface area contributed by atoms with Gasteiger partial charge >= 0.3 is 0 Å². The molecule has 3 aromatic rings. The minimum Gasteiger partial charge on any atom is -0.354 e. The molecule has 0 unspecified atom stereocenters. The van der Waals surface area contributed by atoms with E-state index in [1.807, 2.05) is 38.1 Å². The molecule has 0 spiro atoms. The summed E-state index contributed by atoms with van der Waals surface area (Å²) in [5.74, 6) is -0.181. The van der Waals surface area contributed by atoms with Crippen LogP contribution in [0.1, 0.15) is 32.0 Å². The third kappa shape index (κ3) is 2.63. The number of fused-ring (bicyclic) bond motifs is 3. The van der Waals surface area contributed by atoms with Gasteiger partial charge in [-0.25, -0.2) is 4.68 Å². The van der Waals surface area contributed by atoms with Crippen molar-refractivity contribution in [1.29, 1.82) is 0 Å². The Morgan fingerprint density at radius 2 is 2.13 bits per heavy atom. The summed E-state index contributed by atoms with van der Waals surface area (Å²) < 4.78 is 3.26. The van der Waals surface area contributed by atoms with Crippen molar-refractivity contribution in [3.63, 3.8) is 0 Å². The first-order chi connectivity index (χ1) is 11.0. The highest BCUT2D eigenvalue weighted by Crippen LogP contribution is 2.32. The number of nitrogens with one attached hydrogen (secondary N) is 1. The molecule has 2 heterocycles. The average Bonchev–Trinajstić information content (AvgIpc) is 2.95. The predicted octanol–water partition coefficient (Wildman–Crippen LogP) is 3.01. The van der Waals surface area contributed by atoms with Crippen molar-refractivity contribution in [2.75, 3.05) is 6.54 Å². The number of aromatic nitrogens is 2. The lowest BCUT2D eigenvalue weighted by Gasteiger charge is -2.14. The van der Waals surface area contributed by atoms with E-state index in [2.05, 4.69) is 10.4 Å². The monoisotopic (exact) mass is 329 g/mol. The van der Waals surface area contributed by atoms with E-state index in [4.69, 9.17) is 0 Å². The molecule has 1 N–H and O–H groups in total. The van der Waals surface area contributed by atoms with Crippen molar-refractivity contribution in [3.05, 3.63) is 40.3 Å². The second kappa shape index (κ2) is 6.12. The van der Waals surface area contributed by atoms with Crippen molar-refractivity contribution in [3.8, 4) is 0 Å². The first-order valence-electron chi connectivity index (χ1n) is 7.73. The molecule has 23 heavy (non-hydrogen) atoms. The van der Waals surface area contributed by atoms with E-state index in [-0.39, 0.29) is 11.5 Å². The number of benzene rings is 1. The topological polar surface area (TPSA) is 64.0 Å². The van der Waals surface area contributed by atoms with Gasteiger partial charge in [-0.15, -0.1) is 11.3 Å². The summed E-state index contributed by atoms with van der Waals surface area (Å²) in [5.41, 5.74) is 0.568. The lowest BCUT2D eigenvalue weighted by atomic mass is 10.2. The van der Waals surface area contributed by atoms with Crippen LogP contribution in [-0.4, -0.2) is 22.2 Å². The molecule has 0 saturated heterocycles. The Hall–Kier alpha value is -2.21. The van der Waals surface area contributed by atoms with Crippen LogP contribution in [0.4, 0.5) is 0 Å². The lowest BCUT2D eigenvalue weighted by molar-refractivity contribution is -0.124. The fraction of sp³-hybridized carbons (Fsp3) is 0.353.